The Bertz CT molecular complexity index is 822. The number of benzene rings is 1. The van der Waals surface area contributed by atoms with E-state index in [0.717, 1.165) is 34.0 Å². The summed E-state index contributed by atoms with van der Waals surface area (Å²) in [6.07, 6.45) is 1.64. The fourth-order valence-electron chi connectivity index (χ4n) is 2.11. The van der Waals surface area contributed by atoms with E-state index in [2.05, 4.69) is 16.8 Å². The molecular formula is C19H15NO2. The lowest BCUT2D eigenvalue weighted by atomic mass is 10.1. The molecule has 0 aliphatic carbocycles. The molecule has 0 radical (unpaired) electrons. The Balaban J connectivity index is 1.91. The molecule has 3 nitrogen and oxygen atoms in total. The van der Waals surface area contributed by atoms with Crippen molar-refractivity contribution in [1.29, 1.82) is 0 Å². The molecular weight excluding hydrogens is 274 g/mol. The molecule has 0 amide bonds. The zero-order valence-electron chi connectivity index (χ0n) is 12.5. The molecule has 0 bridgehead atoms. The number of ether oxygens (including phenoxy) is 1. The van der Waals surface area contributed by atoms with Crippen LogP contribution in [0.25, 0.3) is 11.5 Å². The van der Waals surface area contributed by atoms with Crippen molar-refractivity contribution >= 4 is 0 Å². The van der Waals surface area contributed by atoms with Crippen LogP contribution in [0.2, 0.25) is 0 Å². The van der Waals surface area contributed by atoms with Crippen LogP contribution in [0.15, 0.2) is 59.2 Å². The molecule has 3 aromatic rings. The predicted molar refractivity (Wildman–Crippen MR) is 85.7 cm³/mol. The van der Waals surface area contributed by atoms with Gasteiger partial charge in [0, 0.05) is 16.8 Å². The van der Waals surface area contributed by atoms with Crippen LogP contribution in [-0.4, -0.2) is 12.1 Å². The summed E-state index contributed by atoms with van der Waals surface area (Å²) in [6.45, 7) is 1.95. The fourth-order valence-corrected chi connectivity index (χ4v) is 2.11. The Kier molecular flexibility index (Phi) is 3.93. The van der Waals surface area contributed by atoms with E-state index in [1.165, 1.54) is 0 Å². The van der Waals surface area contributed by atoms with Gasteiger partial charge in [-0.15, -0.1) is 0 Å². The van der Waals surface area contributed by atoms with Gasteiger partial charge in [0.05, 0.1) is 13.4 Å². The van der Waals surface area contributed by atoms with Gasteiger partial charge in [0.15, 0.2) is 5.76 Å². The first-order chi connectivity index (χ1) is 10.7. The van der Waals surface area contributed by atoms with Gasteiger partial charge in [-0.05, 0) is 55.5 Å². The van der Waals surface area contributed by atoms with Crippen LogP contribution in [0.5, 0.6) is 5.75 Å². The molecule has 3 rings (SSSR count). The van der Waals surface area contributed by atoms with Gasteiger partial charge in [0.25, 0.3) is 0 Å². The number of pyridine rings is 1. The van der Waals surface area contributed by atoms with Crippen LogP contribution in [0.4, 0.5) is 0 Å². The van der Waals surface area contributed by atoms with Gasteiger partial charge in [-0.2, -0.15) is 0 Å². The Hall–Kier alpha value is -2.99. The Morgan fingerprint density at radius 3 is 2.45 bits per heavy atom. The van der Waals surface area contributed by atoms with Gasteiger partial charge in [0.1, 0.15) is 11.4 Å². The summed E-state index contributed by atoms with van der Waals surface area (Å²) in [4.78, 5) is 4.48. The van der Waals surface area contributed by atoms with Crippen molar-refractivity contribution in [1.82, 2.24) is 4.98 Å². The third kappa shape index (κ3) is 3.18. The van der Waals surface area contributed by atoms with Crippen LogP contribution in [-0.2, 0) is 0 Å². The van der Waals surface area contributed by atoms with Crippen LogP contribution in [0.3, 0.4) is 0 Å². The maximum Gasteiger partial charge on any atom is 0.152 e. The predicted octanol–water partition coefficient (Wildman–Crippen LogP) is 4.06. The molecule has 0 atom stereocenters. The first-order valence-electron chi connectivity index (χ1n) is 6.93. The number of furan rings is 1. The largest absolute Gasteiger partial charge is 0.497 e. The molecule has 0 aliphatic heterocycles. The van der Waals surface area contributed by atoms with E-state index in [4.69, 9.17) is 9.15 Å². The summed E-state index contributed by atoms with van der Waals surface area (Å²) in [7, 11) is 1.65. The summed E-state index contributed by atoms with van der Waals surface area (Å²) in [5, 5.41) is 0. The highest BCUT2D eigenvalue weighted by molar-refractivity contribution is 5.56. The second-order valence-corrected chi connectivity index (χ2v) is 4.84. The second-order valence-electron chi connectivity index (χ2n) is 4.84. The monoisotopic (exact) mass is 289 g/mol. The van der Waals surface area contributed by atoms with Gasteiger partial charge in [-0.1, -0.05) is 11.8 Å². The molecule has 0 fully saturated rings. The number of methoxy groups -OCH3 is 1. The topological polar surface area (TPSA) is 35.3 Å². The second kappa shape index (κ2) is 6.19. The van der Waals surface area contributed by atoms with Crippen molar-refractivity contribution in [2.24, 2.45) is 0 Å². The van der Waals surface area contributed by atoms with Crippen LogP contribution < -0.4 is 4.74 Å². The van der Waals surface area contributed by atoms with Crippen molar-refractivity contribution in [2.75, 3.05) is 7.11 Å². The highest BCUT2D eigenvalue weighted by Gasteiger charge is 2.04. The van der Waals surface area contributed by atoms with Gasteiger partial charge in [-0.3, -0.25) is 0 Å². The third-order valence-corrected chi connectivity index (χ3v) is 3.17. The van der Waals surface area contributed by atoms with Crippen molar-refractivity contribution in [3.05, 3.63) is 71.6 Å². The molecule has 1 aromatic carbocycles. The first-order valence-corrected chi connectivity index (χ1v) is 6.93. The van der Waals surface area contributed by atoms with E-state index >= 15 is 0 Å². The Labute approximate surface area is 129 Å². The molecule has 2 aromatic heterocycles. The van der Waals surface area contributed by atoms with E-state index in [9.17, 15) is 0 Å². The summed E-state index contributed by atoms with van der Waals surface area (Å²) in [5.74, 6) is 7.89. The minimum atomic E-state index is 0.746. The zero-order valence-corrected chi connectivity index (χ0v) is 12.5. The number of aromatic nitrogens is 1. The number of aryl methyl sites for hydroxylation is 1. The maximum absolute atomic E-state index is 5.39. The van der Waals surface area contributed by atoms with Crippen LogP contribution in [0, 0.1) is 18.8 Å². The van der Waals surface area contributed by atoms with Gasteiger partial charge >= 0.3 is 0 Å². The summed E-state index contributed by atoms with van der Waals surface area (Å²) >= 11 is 0. The molecule has 0 spiro atoms. The van der Waals surface area contributed by atoms with Gasteiger partial charge in [0.2, 0.25) is 0 Å². The minimum absolute atomic E-state index is 0.746. The molecule has 0 aliphatic rings. The maximum atomic E-state index is 5.39. The first kappa shape index (κ1) is 14.0. The van der Waals surface area contributed by atoms with E-state index in [-0.39, 0.29) is 0 Å². The van der Waals surface area contributed by atoms with Crippen LogP contribution in [0.1, 0.15) is 16.8 Å². The average molecular weight is 289 g/mol. The van der Waals surface area contributed by atoms with Gasteiger partial charge in [-0.25, -0.2) is 4.98 Å². The minimum Gasteiger partial charge on any atom is -0.497 e. The lowest BCUT2D eigenvalue weighted by molar-refractivity contribution is 0.415. The molecule has 0 unspecified atom stereocenters. The van der Waals surface area contributed by atoms with Crippen molar-refractivity contribution in [3.63, 3.8) is 0 Å². The zero-order chi connectivity index (χ0) is 15.4. The third-order valence-electron chi connectivity index (χ3n) is 3.17. The Morgan fingerprint density at radius 1 is 1.00 bits per heavy atom. The molecule has 0 saturated carbocycles. The van der Waals surface area contributed by atoms with E-state index in [1.807, 2.05) is 55.5 Å². The van der Waals surface area contributed by atoms with Crippen molar-refractivity contribution in [3.8, 4) is 29.0 Å². The average Bonchev–Trinajstić information content (AvgIpc) is 3.07. The van der Waals surface area contributed by atoms with Crippen LogP contribution >= 0.6 is 0 Å². The molecule has 2 heterocycles. The fraction of sp³-hybridized carbons (Fsp3) is 0.105. The SMILES string of the molecule is COc1ccc(C#Cc2cc(C)nc(-c3ccco3)c2)cc1. The highest BCUT2D eigenvalue weighted by Crippen LogP contribution is 2.19. The standard InChI is InChI=1S/C19H15NO2/c1-14-12-16(13-18(20-14)19-4-3-11-22-19)6-5-15-7-9-17(21-2)10-8-15/h3-4,7-13H,1-2H3. The molecule has 0 N–H and O–H groups in total. The molecule has 0 saturated heterocycles. The normalized spacial score (nSPS) is 9.91. The quantitative estimate of drug-likeness (QED) is 0.667. The van der Waals surface area contributed by atoms with E-state index in [0.29, 0.717) is 0 Å². The number of rotatable bonds is 2. The summed E-state index contributed by atoms with van der Waals surface area (Å²) in [6, 6.07) is 15.3. The molecule has 108 valence electrons. The number of hydrogen-bond donors (Lipinski definition) is 0. The molecule has 3 heteroatoms. The smallest absolute Gasteiger partial charge is 0.152 e. The lowest BCUT2D eigenvalue weighted by Crippen LogP contribution is -1.88. The lowest BCUT2D eigenvalue weighted by Gasteiger charge is -2.00. The Morgan fingerprint density at radius 2 is 1.77 bits per heavy atom. The van der Waals surface area contributed by atoms with Crippen molar-refractivity contribution in [2.45, 2.75) is 6.92 Å². The molecule has 22 heavy (non-hydrogen) atoms. The summed E-state index contributed by atoms with van der Waals surface area (Å²) in [5.41, 5.74) is 3.56. The number of hydrogen-bond acceptors (Lipinski definition) is 3. The van der Waals surface area contributed by atoms with E-state index in [1.54, 1.807) is 13.4 Å². The van der Waals surface area contributed by atoms with E-state index < -0.39 is 0 Å². The number of nitrogens with zero attached hydrogens (tertiary/aromatic N) is 1. The highest BCUT2D eigenvalue weighted by atomic mass is 16.5. The van der Waals surface area contributed by atoms with Crippen molar-refractivity contribution < 1.29 is 9.15 Å². The van der Waals surface area contributed by atoms with Gasteiger partial charge < -0.3 is 9.15 Å². The summed E-state index contributed by atoms with van der Waals surface area (Å²) < 4.78 is 10.5.